The van der Waals surface area contributed by atoms with Crippen molar-refractivity contribution in [3.8, 4) is 0 Å². The molecule has 0 spiro atoms. The summed E-state index contributed by atoms with van der Waals surface area (Å²) in [5, 5.41) is 8.22. The van der Waals surface area contributed by atoms with E-state index in [9.17, 15) is 0 Å². The number of hydrogen-bond acceptors (Lipinski definition) is 2. The molecule has 0 fully saturated rings. The fourth-order valence-electron chi connectivity index (χ4n) is 1.15. The second-order valence-corrected chi connectivity index (χ2v) is 4.77. The lowest BCUT2D eigenvalue weighted by atomic mass is 10.1. The van der Waals surface area contributed by atoms with Gasteiger partial charge in [0.05, 0.1) is 5.69 Å². The third kappa shape index (κ3) is 1.07. The topological polar surface area (TPSA) is 24.7 Å². The zero-order valence-electron chi connectivity index (χ0n) is 6.08. The highest BCUT2D eigenvalue weighted by atomic mass is 127. The molecule has 1 unspecified atom stereocenters. The van der Waals surface area contributed by atoms with Gasteiger partial charge in [0, 0.05) is 5.56 Å². The van der Waals surface area contributed by atoms with Crippen LogP contribution in [-0.2, 0) is 3.55 Å². The summed E-state index contributed by atoms with van der Waals surface area (Å²) in [5.41, 5.74) is 2.21. The molecule has 11 heavy (non-hydrogen) atoms. The van der Waals surface area contributed by atoms with E-state index in [4.69, 9.17) is 0 Å². The summed E-state index contributed by atoms with van der Waals surface area (Å²) in [7, 11) is 0. The van der Waals surface area contributed by atoms with Crippen molar-refractivity contribution in [2.75, 3.05) is 0 Å². The number of halogens is 1. The van der Waals surface area contributed by atoms with Crippen molar-refractivity contribution in [2.24, 2.45) is 10.2 Å². The number of rotatable bonds is 0. The summed E-state index contributed by atoms with van der Waals surface area (Å²) < 4.78 is -0.144. The first-order valence-corrected chi connectivity index (χ1v) is 4.49. The maximum absolute atomic E-state index is 4.15. The van der Waals surface area contributed by atoms with Crippen molar-refractivity contribution >= 4 is 28.3 Å². The van der Waals surface area contributed by atoms with Crippen LogP contribution >= 0.6 is 22.6 Å². The number of azo groups is 1. The lowest BCUT2D eigenvalue weighted by Crippen LogP contribution is -2.03. The van der Waals surface area contributed by atoms with Crippen LogP contribution in [0.5, 0.6) is 0 Å². The van der Waals surface area contributed by atoms with Crippen LogP contribution in [0.15, 0.2) is 34.5 Å². The predicted octanol–water partition coefficient (Wildman–Crippen LogP) is 3.39. The second-order valence-electron chi connectivity index (χ2n) is 2.67. The molecule has 0 aliphatic carbocycles. The Morgan fingerprint density at radius 3 is 2.82 bits per heavy atom. The van der Waals surface area contributed by atoms with E-state index in [2.05, 4.69) is 45.8 Å². The molecule has 0 N–H and O–H groups in total. The van der Waals surface area contributed by atoms with E-state index in [-0.39, 0.29) is 3.55 Å². The monoisotopic (exact) mass is 258 g/mol. The Labute approximate surface area is 78.9 Å². The molecule has 1 aliphatic rings. The first-order chi connectivity index (χ1) is 5.20. The maximum Gasteiger partial charge on any atom is 0.157 e. The number of fused-ring (bicyclic) bond motifs is 1. The van der Waals surface area contributed by atoms with Crippen LogP contribution < -0.4 is 0 Å². The molecule has 2 rings (SSSR count). The van der Waals surface area contributed by atoms with Gasteiger partial charge < -0.3 is 0 Å². The molecule has 1 atom stereocenters. The minimum atomic E-state index is -0.144. The van der Waals surface area contributed by atoms with E-state index >= 15 is 0 Å². The zero-order chi connectivity index (χ0) is 7.90. The largest absolute Gasteiger partial charge is 0.166 e. The molecule has 0 radical (unpaired) electrons. The molecule has 0 aromatic heterocycles. The molecule has 3 heteroatoms. The summed E-state index contributed by atoms with van der Waals surface area (Å²) in [6, 6.07) is 8.06. The molecule has 1 aliphatic heterocycles. The third-order valence-corrected chi connectivity index (χ3v) is 2.54. The Morgan fingerprint density at radius 1 is 1.36 bits per heavy atom. The minimum absolute atomic E-state index is 0.144. The maximum atomic E-state index is 4.15. The number of benzene rings is 1. The third-order valence-electron chi connectivity index (χ3n) is 1.74. The van der Waals surface area contributed by atoms with Gasteiger partial charge in [-0.05, 0) is 35.6 Å². The summed E-state index contributed by atoms with van der Waals surface area (Å²) in [5.74, 6) is 0. The lowest BCUT2D eigenvalue weighted by Gasteiger charge is -2.10. The molecular weight excluding hydrogens is 251 g/mol. The van der Waals surface area contributed by atoms with Crippen LogP contribution in [-0.4, -0.2) is 0 Å². The van der Waals surface area contributed by atoms with Gasteiger partial charge in [-0.2, -0.15) is 10.2 Å². The second kappa shape index (κ2) is 2.27. The minimum Gasteiger partial charge on any atom is -0.166 e. The van der Waals surface area contributed by atoms with Crippen LogP contribution in [0.4, 0.5) is 5.69 Å². The van der Waals surface area contributed by atoms with E-state index < -0.39 is 0 Å². The van der Waals surface area contributed by atoms with E-state index in [1.54, 1.807) is 0 Å². The molecule has 56 valence electrons. The average molecular weight is 258 g/mol. The fourth-order valence-corrected chi connectivity index (χ4v) is 1.71. The van der Waals surface area contributed by atoms with Crippen LogP contribution in [0.1, 0.15) is 12.5 Å². The van der Waals surface area contributed by atoms with Crippen molar-refractivity contribution < 1.29 is 0 Å². The SMILES string of the molecule is CC1(I)N=Nc2ccccc21. The van der Waals surface area contributed by atoms with Crippen LogP contribution in [0.2, 0.25) is 0 Å². The Balaban J connectivity index is 2.64. The highest BCUT2D eigenvalue weighted by Crippen LogP contribution is 2.44. The summed E-state index contributed by atoms with van der Waals surface area (Å²) >= 11 is 2.30. The van der Waals surface area contributed by atoms with Gasteiger partial charge in [-0.25, -0.2) is 0 Å². The van der Waals surface area contributed by atoms with E-state index in [0.717, 1.165) is 5.69 Å². The van der Waals surface area contributed by atoms with Gasteiger partial charge in [-0.3, -0.25) is 0 Å². The van der Waals surface area contributed by atoms with Crippen molar-refractivity contribution in [2.45, 2.75) is 10.5 Å². The molecule has 1 aromatic carbocycles. The molecule has 0 bridgehead atoms. The number of nitrogens with zero attached hydrogens (tertiary/aromatic N) is 2. The van der Waals surface area contributed by atoms with Crippen LogP contribution in [0.3, 0.4) is 0 Å². The summed E-state index contributed by atoms with van der Waals surface area (Å²) in [6.45, 7) is 2.06. The molecule has 0 amide bonds. The van der Waals surface area contributed by atoms with E-state index in [1.165, 1.54) is 5.56 Å². The first kappa shape index (κ1) is 7.21. The molecular formula is C8H7IN2. The van der Waals surface area contributed by atoms with Crippen molar-refractivity contribution in [3.63, 3.8) is 0 Å². The van der Waals surface area contributed by atoms with Gasteiger partial charge >= 0.3 is 0 Å². The van der Waals surface area contributed by atoms with Crippen molar-refractivity contribution in [3.05, 3.63) is 29.8 Å². The Morgan fingerprint density at radius 2 is 2.09 bits per heavy atom. The highest BCUT2D eigenvalue weighted by molar-refractivity contribution is 14.1. The molecule has 0 saturated heterocycles. The normalized spacial score (nSPS) is 27.1. The van der Waals surface area contributed by atoms with Gasteiger partial charge in [0.1, 0.15) is 0 Å². The molecule has 0 saturated carbocycles. The Bertz CT molecular complexity index is 318. The quantitative estimate of drug-likeness (QED) is 0.387. The van der Waals surface area contributed by atoms with Gasteiger partial charge in [0.25, 0.3) is 0 Å². The molecule has 2 nitrogen and oxygen atoms in total. The number of hydrogen-bond donors (Lipinski definition) is 0. The van der Waals surface area contributed by atoms with Gasteiger partial charge in [-0.1, -0.05) is 18.2 Å². The molecule has 1 heterocycles. The smallest absolute Gasteiger partial charge is 0.157 e. The van der Waals surface area contributed by atoms with Crippen molar-refractivity contribution in [1.29, 1.82) is 0 Å². The molecule has 1 aromatic rings. The standard InChI is InChI=1S/C8H7IN2/c1-8(9)6-4-2-3-5-7(6)10-11-8/h2-5H,1H3. The lowest BCUT2D eigenvalue weighted by molar-refractivity contribution is 0.774. The van der Waals surface area contributed by atoms with E-state index in [1.807, 2.05) is 18.2 Å². The summed E-state index contributed by atoms with van der Waals surface area (Å²) in [4.78, 5) is 0. The highest BCUT2D eigenvalue weighted by Gasteiger charge is 2.29. The zero-order valence-corrected chi connectivity index (χ0v) is 8.24. The van der Waals surface area contributed by atoms with Gasteiger partial charge in [-0.15, -0.1) is 0 Å². The Hall–Kier alpha value is -0.450. The summed E-state index contributed by atoms with van der Waals surface area (Å²) in [6.07, 6.45) is 0. The fraction of sp³-hybridized carbons (Fsp3) is 0.250. The first-order valence-electron chi connectivity index (χ1n) is 3.41. The van der Waals surface area contributed by atoms with E-state index in [0.29, 0.717) is 0 Å². The Kier molecular flexibility index (Phi) is 1.49. The number of alkyl halides is 1. The van der Waals surface area contributed by atoms with Gasteiger partial charge in [0.15, 0.2) is 3.55 Å². The van der Waals surface area contributed by atoms with Crippen LogP contribution in [0.25, 0.3) is 0 Å². The average Bonchev–Trinajstić information content (AvgIpc) is 2.29. The van der Waals surface area contributed by atoms with Crippen LogP contribution in [0, 0.1) is 0 Å². The predicted molar refractivity (Wildman–Crippen MR) is 52.3 cm³/mol. The van der Waals surface area contributed by atoms with Crippen molar-refractivity contribution in [1.82, 2.24) is 0 Å². The van der Waals surface area contributed by atoms with Gasteiger partial charge in [0.2, 0.25) is 0 Å².